The van der Waals surface area contributed by atoms with Crippen LogP contribution in [0.4, 0.5) is 13.2 Å². The number of rotatable bonds is 16. The summed E-state index contributed by atoms with van der Waals surface area (Å²) in [5, 5.41) is 0. The van der Waals surface area contributed by atoms with Crippen LogP contribution < -0.4 is 0 Å². The maximum absolute atomic E-state index is 12.9. The molecule has 0 amide bonds. The van der Waals surface area contributed by atoms with Gasteiger partial charge in [0.25, 0.3) is 6.48 Å². The van der Waals surface area contributed by atoms with Crippen LogP contribution in [0.5, 0.6) is 0 Å². The van der Waals surface area contributed by atoms with Gasteiger partial charge < -0.3 is 14.2 Å². The van der Waals surface area contributed by atoms with Gasteiger partial charge in [-0.1, -0.05) is 64.0 Å². The van der Waals surface area contributed by atoms with Gasteiger partial charge in [-0.25, -0.2) is 0 Å². The fraction of sp³-hybridized carbons (Fsp3) is 0.760. The zero-order valence-electron chi connectivity index (χ0n) is 19.8. The second kappa shape index (κ2) is 14.9. The molecule has 1 rings (SSSR count). The average Bonchev–Trinajstić information content (AvgIpc) is 2.65. The minimum absolute atomic E-state index is 0.0611. The molecule has 0 aliphatic rings. The summed E-state index contributed by atoms with van der Waals surface area (Å²) >= 11 is 0. The molecular formula is C25H41F3O3. The number of unbranched alkanes of at least 4 members (excludes halogenated alkanes) is 6. The highest BCUT2D eigenvalue weighted by Crippen LogP contribution is 2.29. The van der Waals surface area contributed by atoms with Gasteiger partial charge in [-0.3, -0.25) is 0 Å². The van der Waals surface area contributed by atoms with Gasteiger partial charge in [0, 0.05) is 0 Å². The van der Waals surface area contributed by atoms with Crippen LogP contribution in [0.1, 0.15) is 97.1 Å². The maximum Gasteiger partial charge on any atom is 0.416 e. The third kappa shape index (κ3) is 13.1. The SMILES string of the molecule is CCCCCCCCCC(Cc1ccc(C(F)(F)F)cc1)OC(OC(C)C)OC(C)C. The molecule has 180 valence electrons. The molecule has 0 aromatic heterocycles. The minimum Gasteiger partial charge on any atom is -0.327 e. The van der Waals surface area contributed by atoms with Crippen LogP contribution >= 0.6 is 0 Å². The van der Waals surface area contributed by atoms with Gasteiger partial charge in [-0.15, -0.1) is 0 Å². The van der Waals surface area contributed by atoms with Crippen molar-refractivity contribution in [1.82, 2.24) is 0 Å². The van der Waals surface area contributed by atoms with E-state index in [2.05, 4.69) is 6.92 Å². The van der Waals surface area contributed by atoms with Crippen LogP contribution in [0.2, 0.25) is 0 Å². The highest BCUT2D eigenvalue weighted by atomic mass is 19.4. The number of hydrogen-bond acceptors (Lipinski definition) is 3. The quantitative estimate of drug-likeness (QED) is 0.191. The number of halogens is 3. The molecule has 1 aromatic carbocycles. The Morgan fingerprint density at radius 2 is 1.26 bits per heavy atom. The Bertz CT molecular complexity index is 560. The van der Waals surface area contributed by atoms with Crippen LogP contribution in [0.15, 0.2) is 24.3 Å². The molecule has 0 saturated heterocycles. The molecule has 0 saturated carbocycles. The average molecular weight is 447 g/mol. The van der Waals surface area contributed by atoms with E-state index in [0.29, 0.717) is 6.42 Å². The van der Waals surface area contributed by atoms with Gasteiger partial charge in [-0.05, 0) is 58.2 Å². The first-order valence-corrected chi connectivity index (χ1v) is 11.7. The van der Waals surface area contributed by atoms with Crippen molar-refractivity contribution in [2.75, 3.05) is 0 Å². The molecule has 1 unspecified atom stereocenters. The van der Waals surface area contributed by atoms with Crippen LogP contribution in [-0.2, 0) is 26.8 Å². The second-order valence-electron chi connectivity index (χ2n) is 8.73. The highest BCUT2D eigenvalue weighted by Gasteiger charge is 2.30. The van der Waals surface area contributed by atoms with Crippen LogP contribution in [0.25, 0.3) is 0 Å². The van der Waals surface area contributed by atoms with E-state index >= 15 is 0 Å². The number of alkyl halides is 3. The van der Waals surface area contributed by atoms with Crippen molar-refractivity contribution >= 4 is 0 Å². The molecule has 0 heterocycles. The highest BCUT2D eigenvalue weighted by molar-refractivity contribution is 5.25. The van der Waals surface area contributed by atoms with E-state index in [1.54, 1.807) is 0 Å². The first-order valence-electron chi connectivity index (χ1n) is 11.7. The lowest BCUT2D eigenvalue weighted by atomic mass is 10.0. The predicted molar refractivity (Wildman–Crippen MR) is 119 cm³/mol. The van der Waals surface area contributed by atoms with E-state index < -0.39 is 18.2 Å². The summed E-state index contributed by atoms with van der Waals surface area (Å²) in [5.74, 6) is 0. The lowest BCUT2D eigenvalue weighted by Crippen LogP contribution is -2.32. The molecule has 31 heavy (non-hydrogen) atoms. The van der Waals surface area contributed by atoms with E-state index in [1.807, 2.05) is 27.7 Å². The van der Waals surface area contributed by atoms with Crippen molar-refractivity contribution < 1.29 is 27.4 Å². The van der Waals surface area contributed by atoms with Crippen LogP contribution in [0, 0.1) is 0 Å². The third-order valence-corrected chi connectivity index (χ3v) is 4.94. The second-order valence-corrected chi connectivity index (χ2v) is 8.73. The molecule has 3 nitrogen and oxygen atoms in total. The van der Waals surface area contributed by atoms with Gasteiger partial charge in [0.05, 0.1) is 23.9 Å². The molecule has 0 N–H and O–H groups in total. The van der Waals surface area contributed by atoms with E-state index in [4.69, 9.17) is 14.2 Å². The van der Waals surface area contributed by atoms with Crippen molar-refractivity contribution in [2.24, 2.45) is 0 Å². The monoisotopic (exact) mass is 446 g/mol. The predicted octanol–water partition coefficient (Wildman–Crippen LogP) is 7.91. The Hall–Kier alpha value is -1.11. The molecule has 1 aromatic rings. The molecular weight excluding hydrogens is 405 g/mol. The third-order valence-electron chi connectivity index (χ3n) is 4.94. The minimum atomic E-state index is -4.33. The Balaban J connectivity index is 2.73. The summed E-state index contributed by atoms with van der Waals surface area (Å²) in [5.41, 5.74) is 0.179. The summed E-state index contributed by atoms with van der Waals surface area (Å²) in [6.45, 7) is 9.09. The Morgan fingerprint density at radius 3 is 1.74 bits per heavy atom. The summed E-state index contributed by atoms with van der Waals surface area (Å²) in [6.07, 6.45) is 5.05. The fourth-order valence-corrected chi connectivity index (χ4v) is 3.34. The summed E-state index contributed by atoms with van der Waals surface area (Å²) in [6, 6.07) is 5.33. The number of hydrogen-bond donors (Lipinski definition) is 0. The zero-order chi connectivity index (χ0) is 23.3. The fourth-order valence-electron chi connectivity index (χ4n) is 3.34. The summed E-state index contributed by atoms with van der Waals surface area (Å²) in [4.78, 5) is 0. The van der Waals surface area contributed by atoms with Gasteiger partial charge in [0.15, 0.2) is 0 Å². The summed E-state index contributed by atoms with van der Waals surface area (Å²) in [7, 11) is 0. The van der Waals surface area contributed by atoms with Crippen LogP contribution in [0.3, 0.4) is 0 Å². The maximum atomic E-state index is 12.9. The van der Waals surface area contributed by atoms with Gasteiger partial charge >= 0.3 is 6.18 Å². The molecule has 0 aliphatic carbocycles. The van der Waals surface area contributed by atoms with Gasteiger partial charge in [0.1, 0.15) is 0 Å². The van der Waals surface area contributed by atoms with E-state index in [-0.39, 0.29) is 18.3 Å². The normalized spacial score (nSPS) is 13.5. The van der Waals surface area contributed by atoms with E-state index in [0.717, 1.165) is 37.0 Å². The largest absolute Gasteiger partial charge is 0.416 e. The molecule has 6 heteroatoms. The lowest BCUT2D eigenvalue weighted by molar-refractivity contribution is -0.326. The first-order chi connectivity index (χ1) is 14.6. The van der Waals surface area contributed by atoms with Crippen LogP contribution in [-0.4, -0.2) is 24.8 Å². The van der Waals surface area contributed by atoms with Gasteiger partial charge in [0.2, 0.25) is 0 Å². The number of benzene rings is 1. The molecule has 0 fully saturated rings. The van der Waals surface area contributed by atoms with Gasteiger partial charge in [-0.2, -0.15) is 13.2 Å². The first kappa shape index (κ1) is 27.9. The summed E-state index contributed by atoms with van der Waals surface area (Å²) < 4.78 is 56.3. The molecule has 0 radical (unpaired) electrons. The Kier molecular flexibility index (Phi) is 13.4. The molecule has 0 aliphatic heterocycles. The van der Waals surface area contributed by atoms with E-state index in [1.165, 1.54) is 44.2 Å². The van der Waals surface area contributed by atoms with Crippen molar-refractivity contribution in [2.45, 2.75) is 123 Å². The molecule has 0 spiro atoms. The van der Waals surface area contributed by atoms with Crippen molar-refractivity contribution in [3.63, 3.8) is 0 Å². The van der Waals surface area contributed by atoms with Crippen molar-refractivity contribution in [1.29, 1.82) is 0 Å². The number of ether oxygens (including phenoxy) is 3. The van der Waals surface area contributed by atoms with Crippen molar-refractivity contribution in [3.8, 4) is 0 Å². The molecule has 0 bridgehead atoms. The Labute approximate surface area is 186 Å². The molecule has 1 atom stereocenters. The smallest absolute Gasteiger partial charge is 0.327 e. The zero-order valence-corrected chi connectivity index (χ0v) is 19.8. The lowest BCUT2D eigenvalue weighted by Gasteiger charge is -2.28. The van der Waals surface area contributed by atoms with Crippen molar-refractivity contribution in [3.05, 3.63) is 35.4 Å². The van der Waals surface area contributed by atoms with E-state index in [9.17, 15) is 13.2 Å². The standard InChI is InChI=1S/C25H41F3O3/c1-6-7-8-9-10-11-12-13-23(31-24(29-19(2)3)30-20(4)5)18-21-14-16-22(17-15-21)25(26,27)28/h14-17,19-20,23-24H,6-13,18H2,1-5H3. The Morgan fingerprint density at radius 1 is 0.742 bits per heavy atom. The topological polar surface area (TPSA) is 27.7 Å².